The number of para-hydroxylation sites is 1. The van der Waals surface area contributed by atoms with Crippen molar-refractivity contribution < 1.29 is 14.7 Å². The fourth-order valence-corrected chi connectivity index (χ4v) is 4.23. The molecule has 0 saturated carbocycles. The molecule has 4 rings (SSSR count). The number of H-pyrrole nitrogens is 1. The lowest BCUT2D eigenvalue weighted by Crippen LogP contribution is -2.43. The van der Waals surface area contributed by atoms with Crippen LogP contribution in [0.5, 0.6) is 0 Å². The van der Waals surface area contributed by atoms with E-state index in [2.05, 4.69) is 28.5 Å². The summed E-state index contributed by atoms with van der Waals surface area (Å²) in [7, 11) is 0. The van der Waals surface area contributed by atoms with E-state index in [0.717, 1.165) is 28.5 Å². The normalized spacial score (nSPS) is 17.4. The summed E-state index contributed by atoms with van der Waals surface area (Å²) in [4.78, 5) is 29.0. The second-order valence-electron chi connectivity index (χ2n) is 7.52. The lowest BCUT2D eigenvalue weighted by molar-refractivity contribution is -0.142. The lowest BCUT2D eigenvalue weighted by atomic mass is 9.91. The molecule has 7 heteroatoms. The number of rotatable bonds is 7. The fourth-order valence-electron chi connectivity index (χ4n) is 4.23. The number of carbonyl (C=O) groups is 2. The zero-order chi connectivity index (χ0) is 20.2. The topological polar surface area (TPSA) is 85.4 Å². The van der Waals surface area contributed by atoms with Crippen LogP contribution in [0, 0.1) is 0 Å². The second kappa shape index (κ2) is 9.78. The van der Waals surface area contributed by atoms with Gasteiger partial charge in [0, 0.05) is 29.6 Å². The van der Waals surface area contributed by atoms with Gasteiger partial charge in [0.2, 0.25) is 5.91 Å². The van der Waals surface area contributed by atoms with Gasteiger partial charge in [-0.2, -0.15) is 0 Å². The molecule has 1 aliphatic heterocycles. The standard InChI is InChI=1S/C23H25N3O3.ClH/c27-22(15-26-12-6-11-21(26)23(28)29)25-13-18(16-7-2-1-3-8-16)19-14-24-20-10-5-4-9-17(19)20;/h1-5,7-10,14,18,21,24H,6,11-13,15H2,(H,25,27)(H,28,29);1H. The molecule has 1 saturated heterocycles. The Morgan fingerprint density at radius 1 is 1.13 bits per heavy atom. The predicted molar refractivity (Wildman–Crippen MR) is 119 cm³/mol. The van der Waals surface area contributed by atoms with E-state index in [1.165, 1.54) is 0 Å². The zero-order valence-corrected chi connectivity index (χ0v) is 17.4. The van der Waals surface area contributed by atoms with Crippen LogP contribution < -0.4 is 5.32 Å². The molecule has 0 aliphatic carbocycles. The highest BCUT2D eigenvalue weighted by Crippen LogP contribution is 2.30. The molecule has 0 radical (unpaired) electrons. The Balaban J connectivity index is 0.00000256. The average molecular weight is 428 g/mol. The number of nitrogens with one attached hydrogen (secondary N) is 2. The molecule has 1 aromatic heterocycles. The first kappa shape index (κ1) is 21.9. The van der Waals surface area contributed by atoms with Gasteiger partial charge < -0.3 is 15.4 Å². The monoisotopic (exact) mass is 427 g/mol. The number of fused-ring (bicyclic) bond motifs is 1. The number of aromatic amines is 1. The van der Waals surface area contributed by atoms with Crippen LogP contribution in [0.4, 0.5) is 0 Å². The van der Waals surface area contributed by atoms with Gasteiger partial charge >= 0.3 is 5.97 Å². The van der Waals surface area contributed by atoms with E-state index >= 15 is 0 Å². The summed E-state index contributed by atoms with van der Waals surface area (Å²) in [6.07, 6.45) is 3.42. The summed E-state index contributed by atoms with van der Waals surface area (Å²) in [5.41, 5.74) is 3.33. The van der Waals surface area contributed by atoms with Crippen LogP contribution >= 0.6 is 12.4 Å². The maximum Gasteiger partial charge on any atom is 0.320 e. The number of hydrogen-bond acceptors (Lipinski definition) is 3. The molecule has 30 heavy (non-hydrogen) atoms. The number of carboxylic acid groups (broad SMARTS) is 1. The van der Waals surface area contributed by atoms with Crippen molar-refractivity contribution in [2.75, 3.05) is 19.6 Å². The lowest BCUT2D eigenvalue weighted by Gasteiger charge is -2.22. The summed E-state index contributed by atoms with van der Waals surface area (Å²) in [6.45, 7) is 1.22. The van der Waals surface area contributed by atoms with Crippen LogP contribution in [0.25, 0.3) is 10.9 Å². The highest BCUT2D eigenvalue weighted by molar-refractivity contribution is 5.85. The summed E-state index contributed by atoms with van der Waals surface area (Å²) in [6, 6.07) is 17.7. The van der Waals surface area contributed by atoms with Gasteiger partial charge in [-0.15, -0.1) is 12.4 Å². The number of benzene rings is 2. The van der Waals surface area contributed by atoms with Gasteiger partial charge in [0.15, 0.2) is 0 Å². The minimum Gasteiger partial charge on any atom is -0.480 e. The van der Waals surface area contributed by atoms with Gasteiger partial charge in [-0.3, -0.25) is 14.5 Å². The van der Waals surface area contributed by atoms with E-state index in [1.807, 2.05) is 42.6 Å². The number of hydrogen-bond donors (Lipinski definition) is 3. The summed E-state index contributed by atoms with van der Waals surface area (Å²) in [5, 5.41) is 13.5. The number of carbonyl (C=O) groups excluding carboxylic acids is 1. The van der Waals surface area contributed by atoms with E-state index in [1.54, 1.807) is 4.90 Å². The SMILES string of the molecule is Cl.O=C(CN1CCCC1C(=O)O)NCC(c1ccccc1)c1c[nH]c2ccccc12. The highest BCUT2D eigenvalue weighted by atomic mass is 35.5. The van der Waals surface area contributed by atoms with Crippen molar-refractivity contribution in [2.45, 2.75) is 24.8 Å². The molecule has 0 bridgehead atoms. The summed E-state index contributed by atoms with van der Waals surface area (Å²) in [5.74, 6) is -0.986. The van der Waals surface area contributed by atoms with Gasteiger partial charge in [-0.05, 0) is 36.6 Å². The smallest absolute Gasteiger partial charge is 0.320 e. The minimum absolute atomic E-state index is 0. The first-order valence-electron chi connectivity index (χ1n) is 9.98. The Bertz CT molecular complexity index is 1010. The first-order chi connectivity index (χ1) is 14.1. The Morgan fingerprint density at radius 3 is 2.63 bits per heavy atom. The van der Waals surface area contributed by atoms with Crippen molar-refractivity contribution in [1.82, 2.24) is 15.2 Å². The van der Waals surface area contributed by atoms with E-state index in [9.17, 15) is 14.7 Å². The molecule has 2 aromatic carbocycles. The van der Waals surface area contributed by atoms with Crippen LogP contribution in [0.2, 0.25) is 0 Å². The Labute approximate surface area is 181 Å². The Morgan fingerprint density at radius 2 is 1.87 bits per heavy atom. The molecule has 6 nitrogen and oxygen atoms in total. The molecular weight excluding hydrogens is 402 g/mol. The van der Waals surface area contributed by atoms with E-state index in [-0.39, 0.29) is 30.8 Å². The molecule has 2 unspecified atom stereocenters. The predicted octanol–water partition coefficient (Wildman–Crippen LogP) is 3.39. The van der Waals surface area contributed by atoms with Gasteiger partial charge in [0.25, 0.3) is 0 Å². The van der Waals surface area contributed by atoms with Crippen molar-refractivity contribution in [3.8, 4) is 0 Å². The third kappa shape index (κ3) is 4.66. The zero-order valence-electron chi connectivity index (χ0n) is 16.6. The van der Waals surface area contributed by atoms with Crippen molar-refractivity contribution in [1.29, 1.82) is 0 Å². The molecule has 3 N–H and O–H groups in total. The number of halogens is 1. The maximum atomic E-state index is 12.6. The van der Waals surface area contributed by atoms with Gasteiger partial charge in [0.05, 0.1) is 6.54 Å². The largest absolute Gasteiger partial charge is 0.480 e. The van der Waals surface area contributed by atoms with Crippen LogP contribution in [0.1, 0.15) is 29.9 Å². The van der Waals surface area contributed by atoms with Crippen molar-refractivity contribution in [3.63, 3.8) is 0 Å². The Hall–Kier alpha value is -2.83. The van der Waals surface area contributed by atoms with Crippen LogP contribution in [0.15, 0.2) is 60.8 Å². The third-order valence-electron chi connectivity index (χ3n) is 5.70. The van der Waals surface area contributed by atoms with Crippen molar-refractivity contribution >= 4 is 35.2 Å². The molecule has 2 atom stereocenters. The van der Waals surface area contributed by atoms with Gasteiger partial charge in [-0.25, -0.2) is 0 Å². The number of nitrogens with zero attached hydrogens (tertiary/aromatic N) is 1. The number of carboxylic acids is 1. The van der Waals surface area contributed by atoms with Crippen molar-refractivity contribution in [3.05, 3.63) is 71.9 Å². The molecule has 3 aromatic rings. The Kier molecular flexibility index (Phi) is 7.13. The quantitative estimate of drug-likeness (QED) is 0.539. The van der Waals surface area contributed by atoms with Crippen molar-refractivity contribution in [2.24, 2.45) is 0 Å². The third-order valence-corrected chi connectivity index (χ3v) is 5.70. The first-order valence-corrected chi connectivity index (χ1v) is 9.98. The number of likely N-dealkylation sites (tertiary alicyclic amines) is 1. The van der Waals surface area contributed by atoms with E-state index < -0.39 is 12.0 Å². The molecular formula is C23H26ClN3O3. The highest BCUT2D eigenvalue weighted by Gasteiger charge is 2.31. The fraction of sp³-hybridized carbons (Fsp3) is 0.304. The van der Waals surface area contributed by atoms with Crippen LogP contribution in [0.3, 0.4) is 0 Å². The van der Waals surface area contributed by atoms with Gasteiger partial charge in [-0.1, -0.05) is 48.5 Å². The molecule has 1 fully saturated rings. The van der Waals surface area contributed by atoms with E-state index in [0.29, 0.717) is 19.5 Å². The molecule has 2 heterocycles. The molecule has 1 amide bonds. The van der Waals surface area contributed by atoms with Crippen LogP contribution in [-0.2, 0) is 9.59 Å². The molecule has 1 aliphatic rings. The number of amides is 1. The second-order valence-corrected chi connectivity index (χ2v) is 7.52. The minimum atomic E-state index is -0.851. The summed E-state index contributed by atoms with van der Waals surface area (Å²) >= 11 is 0. The van der Waals surface area contributed by atoms with Gasteiger partial charge in [0.1, 0.15) is 6.04 Å². The summed E-state index contributed by atoms with van der Waals surface area (Å²) < 4.78 is 0. The number of aliphatic carboxylic acids is 1. The molecule has 0 spiro atoms. The maximum absolute atomic E-state index is 12.6. The average Bonchev–Trinajstić information content (AvgIpc) is 3.36. The molecule has 158 valence electrons. The van der Waals surface area contributed by atoms with Crippen LogP contribution in [-0.4, -0.2) is 52.5 Å². The number of aromatic nitrogens is 1. The van der Waals surface area contributed by atoms with E-state index in [4.69, 9.17) is 0 Å².